The zero-order valence-electron chi connectivity index (χ0n) is 11.4. The third kappa shape index (κ3) is 4.29. The first-order valence-corrected chi connectivity index (χ1v) is 7.52. The van der Waals surface area contributed by atoms with Gasteiger partial charge in [-0.1, -0.05) is 72.1 Å². The SMILES string of the molecule is CC(=O)SCCC#Cc1ccccc1-c1ccccc1. The third-order valence-electron chi connectivity index (χ3n) is 2.77. The molecule has 0 fully saturated rings. The van der Waals surface area contributed by atoms with Crippen LogP contribution in [0.5, 0.6) is 0 Å². The summed E-state index contributed by atoms with van der Waals surface area (Å²) in [6.07, 6.45) is 0.730. The van der Waals surface area contributed by atoms with Crippen molar-refractivity contribution in [3.63, 3.8) is 0 Å². The van der Waals surface area contributed by atoms with Gasteiger partial charge in [0.05, 0.1) is 0 Å². The van der Waals surface area contributed by atoms with E-state index in [0.717, 1.165) is 23.3 Å². The van der Waals surface area contributed by atoms with Crippen LogP contribution in [0.15, 0.2) is 54.6 Å². The highest BCUT2D eigenvalue weighted by Crippen LogP contribution is 2.22. The highest BCUT2D eigenvalue weighted by molar-refractivity contribution is 8.13. The van der Waals surface area contributed by atoms with Crippen LogP contribution in [0.25, 0.3) is 11.1 Å². The molecule has 0 saturated carbocycles. The molecule has 0 heterocycles. The molecule has 0 atom stereocenters. The van der Waals surface area contributed by atoms with Gasteiger partial charge in [-0.3, -0.25) is 4.79 Å². The van der Waals surface area contributed by atoms with Crippen molar-refractivity contribution in [2.24, 2.45) is 0 Å². The second-order valence-electron chi connectivity index (χ2n) is 4.30. The maximum absolute atomic E-state index is 10.8. The fraction of sp³-hybridized carbons (Fsp3) is 0.167. The zero-order valence-corrected chi connectivity index (χ0v) is 12.2. The van der Waals surface area contributed by atoms with Gasteiger partial charge in [0.15, 0.2) is 5.12 Å². The molecular weight excluding hydrogens is 264 g/mol. The number of thioether (sulfide) groups is 1. The maximum Gasteiger partial charge on any atom is 0.185 e. The lowest BCUT2D eigenvalue weighted by Crippen LogP contribution is -1.85. The molecule has 2 heteroatoms. The number of carbonyl (C=O) groups excluding carboxylic acids is 1. The van der Waals surface area contributed by atoms with Crippen molar-refractivity contribution in [1.29, 1.82) is 0 Å². The van der Waals surface area contributed by atoms with Gasteiger partial charge in [0.1, 0.15) is 0 Å². The summed E-state index contributed by atoms with van der Waals surface area (Å²) < 4.78 is 0. The number of hydrogen-bond acceptors (Lipinski definition) is 2. The van der Waals surface area contributed by atoms with Gasteiger partial charge in [-0.25, -0.2) is 0 Å². The first-order chi connectivity index (χ1) is 9.77. The maximum atomic E-state index is 10.8. The van der Waals surface area contributed by atoms with Gasteiger partial charge in [0.25, 0.3) is 0 Å². The summed E-state index contributed by atoms with van der Waals surface area (Å²) in [4.78, 5) is 10.8. The Labute approximate surface area is 124 Å². The fourth-order valence-corrected chi connectivity index (χ4v) is 2.36. The summed E-state index contributed by atoms with van der Waals surface area (Å²) in [7, 11) is 0. The quantitative estimate of drug-likeness (QED) is 0.613. The average Bonchev–Trinajstić information content (AvgIpc) is 2.48. The average molecular weight is 280 g/mol. The molecule has 2 rings (SSSR count). The monoisotopic (exact) mass is 280 g/mol. The summed E-state index contributed by atoms with van der Waals surface area (Å²) in [5.74, 6) is 7.11. The molecule has 2 aromatic carbocycles. The smallest absolute Gasteiger partial charge is 0.185 e. The molecule has 0 saturated heterocycles. The Balaban J connectivity index is 2.13. The van der Waals surface area contributed by atoms with Crippen LogP contribution in [0, 0.1) is 11.8 Å². The third-order valence-corrected chi connectivity index (χ3v) is 3.58. The lowest BCUT2D eigenvalue weighted by molar-refractivity contribution is -0.109. The Morgan fingerprint density at radius 1 is 1.05 bits per heavy atom. The Morgan fingerprint density at radius 2 is 1.75 bits per heavy atom. The van der Waals surface area contributed by atoms with Crippen LogP contribution in [0.2, 0.25) is 0 Å². The number of benzene rings is 2. The van der Waals surface area contributed by atoms with Gasteiger partial charge in [-0.15, -0.1) is 0 Å². The normalized spacial score (nSPS) is 9.65. The Kier molecular flexibility index (Phi) is 5.46. The summed E-state index contributed by atoms with van der Waals surface area (Å²) in [6, 6.07) is 18.4. The van der Waals surface area contributed by atoms with E-state index in [0.29, 0.717) is 0 Å². The summed E-state index contributed by atoms with van der Waals surface area (Å²) in [5, 5.41) is 0.150. The van der Waals surface area contributed by atoms with Crippen molar-refractivity contribution in [2.45, 2.75) is 13.3 Å². The highest BCUT2D eigenvalue weighted by atomic mass is 32.2. The van der Waals surface area contributed by atoms with E-state index in [2.05, 4.69) is 30.0 Å². The van der Waals surface area contributed by atoms with Crippen LogP contribution in [0.3, 0.4) is 0 Å². The topological polar surface area (TPSA) is 17.1 Å². The summed E-state index contributed by atoms with van der Waals surface area (Å²) in [5.41, 5.74) is 3.36. The molecule has 100 valence electrons. The Bertz CT molecular complexity index is 635. The largest absolute Gasteiger partial charge is 0.288 e. The molecule has 0 aromatic heterocycles. The van der Waals surface area contributed by atoms with Crippen molar-refractivity contribution >= 4 is 16.9 Å². The predicted molar refractivity (Wildman–Crippen MR) is 86.5 cm³/mol. The van der Waals surface area contributed by atoms with Crippen LogP contribution in [0.4, 0.5) is 0 Å². The molecule has 2 aromatic rings. The Morgan fingerprint density at radius 3 is 2.50 bits per heavy atom. The molecule has 0 aliphatic rings. The lowest BCUT2D eigenvalue weighted by atomic mass is 10.00. The summed E-state index contributed by atoms with van der Waals surface area (Å²) in [6.45, 7) is 1.59. The van der Waals surface area contributed by atoms with Gasteiger partial charge in [-0.05, 0) is 17.2 Å². The first-order valence-electron chi connectivity index (χ1n) is 6.54. The molecule has 20 heavy (non-hydrogen) atoms. The number of hydrogen-bond donors (Lipinski definition) is 0. The van der Waals surface area contributed by atoms with Crippen LogP contribution < -0.4 is 0 Å². The van der Waals surface area contributed by atoms with E-state index in [-0.39, 0.29) is 5.12 Å². The first kappa shape index (κ1) is 14.4. The van der Waals surface area contributed by atoms with Crippen molar-refractivity contribution < 1.29 is 4.79 Å². The van der Waals surface area contributed by atoms with Gasteiger partial charge in [0, 0.05) is 24.7 Å². The Hall–Kier alpha value is -1.98. The van der Waals surface area contributed by atoms with Crippen LogP contribution in [-0.4, -0.2) is 10.9 Å². The van der Waals surface area contributed by atoms with Crippen molar-refractivity contribution in [1.82, 2.24) is 0 Å². The second kappa shape index (κ2) is 7.57. The molecule has 0 radical (unpaired) electrons. The van der Waals surface area contributed by atoms with E-state index in [9.17, 15) is 4.79 Å². The van der Waals surface area contributed by atoms with Gasteiger partial charge >= 0.3 is 0 Å². The van der Waals surface area contributed by atoms with Crippen LogP contribution in [-0.2, 0) is 4.79 Å². The van der Waals surface area contributed by atoms with E-state index >= 15 is 0 Å². The molecule has 0 spiro atoms. The number of rotatable bonds is 3. The predicted octanol–water partition coefficient (Wildman–Crippen LogP) is 4.37. The van der Waals surface area contributed by atoms with Crippen LogP contribution >= 0.6 is 11.8 Å². The van der Waals surface area contributed by atoms with Gasteiger partial charge < -0.3 is 0 Å². The van der Waals surface area contributed by atoms with Crippen LogP contribution in [0.1, 0.15) is 18.9 Å². The van der Waals surface area contributed by atoms with E-state index in [1.54, 1.807) is 6.92 Å². The van der Waals surface area contributed by atoms with Crippen molar-refractivity contribution in [3.05, 3.63) is 60.2 Å². The second-order valence-corrected chi connectivity index (χ2v) is 5.58. The molecule has 1 nitrogen and oxygen atoms in total. The molecule has 0 bridgehead atoms. The molecule has 0 amide bonds. The molecule has 0 N–H and O–H groups in total. The minimum absolute atomic E-state index is 0.150. The van der Waals surface area contributed by atoms with E-state index in [1.165, 1.54) is 17.3 Å². The fourth-order valence-electron chi connectivity index (χ4n) is 1.87. The highest BCUT2D eigenvalue weighted by Gasteiger charge is 2.01. The molecule has 0 aliphatic carbocycles. The zero-order chi connectivity index (χ0) is 14.2. The van der Waals surface area contributed by atoms with Gasteiger partial charge in [-0.2, -0.15) is 0 Å². The van der Waals surface area contributed by atoms with Crippen molar-refractivity contribution in [3.8, 4) is 23.0 Å². The molecular formula is C18H16OS. The van der Waals surface area contributed by atoms with E-state index < -0.39 is 0 Å². The molecule has 0 aliphatic heterocycles. The van der Waals surface area contributed by atoms with Gasteiger partial charge in [0.2, 0.25) is 0 Å². The minimum atomic E-state index is 0.150. The molecule has 0 unspecified atom stereocenters. The summed E-state index contributed by atoms with van der Waals surface area (Å²) >= 11 is 1.33. The number of carbonyl (C=O) groups is 1. The standard InChI is InChI=1S/C18H16OS/c1-15(19)20-14-8-7-12-17-11-5-6-13-18(17)16-9-3-2-4-10-16/h2-6,9-11,13H,8,14H2,1H3. The van der Waals surface area contributed by atoms with E-state index in [1.807, 2.05) is 36.4 Å². The van der Waals surface area contributed by atoms with E-state index in [4.69, 9.17) is 0 Å². The van der Waals surface area contributed by atoms with Crippen molar-refractivity contribution in [2.75, 3.05) is 5.75 Å². The lowest BCUT2D eigenvalue weighted by Gasteiger charge is -2.04. The minimum Gasteiger partial charge on any atom is -0.288 e.